The first-order valence-electron chi connectivity index (χ1n) is 6.17. The summed E-state index contributed by atoms with van der Waals surface area (Å²) in [4.78, 5) is 11.0. The van der Waals surface area contributed by atoms with E-state index in [1.165, 1.54) is 0 Å². The molecule has 1 aliphatic heterocycles. The van der Waals surface area contributed by atoms with Gasteiger partial charge in [0.1, 0.15) is 5.75 Å². The topological polar surface area (TPSA) is 69.6 Å². The molecule has 0 aromatic heterocycles. The molecule has 2 rings (SSSR count). The lowest BCUT2D eigenvalue weighted by molar-refractivity contribution is -0.141. The Bertz CT molecular complexity index is 496. The molecular formula is C14H19NO3. The zero-order valence-electron chi connectivity index (χ0n) is 10.9. The van der Waals surface area contributed by atoms with Gasteiger partial charge in [-0.05, 0) is 55.5 Å². The first-order chi connectivity index (χ1) is 8.41. The number of hydrogen-bond acceptors (Lipinski definition) is 3. The lowest BCUT2D eigenvalue weighted by Crippen LogP contribution is -2.18. The molecule has 0 radical (unpaired) electrons. The van der Waals surface area contributed by atoms with Crippen LogP contribution in [0.1, 0.15) is 34.7 Å². The second-order valence-corrected chi connectivity index (χ2v) is 5.11. The Labute approximate surface area is 107 Å². The molecular weight excluding hydrogens is 230 g/mol. The number of carboxylic acids is 1. The second kappa shape index (κ2) is 4.61. The number of rotatable bonds is 2. The van der Waals surface area contributed by atoms with E-state index in [-0.39, 0.29) is 12.0 Å². The minimum Gasteiger partial charge on any atom is -0.508 e. The Morgan fingerprint density at radius 3 is 2.56 bits per heavy atom. The largest absolute Gasteiger partial charge is 0.508 e. The highest BCUT2D eigenvalue weighted by Gasteiger charge is 2.32. The Kier molecular flexibility index (Phi) is 3.30. The number of aliphatic carboxylic acids is 1. The van der Waals surface area contributed by atoms with Crippen molar-refractivity contribution in [3.05, 3.63) is 28.3 Å². The van der Waals surface area contributed by atoms with E-state index in [2.05, 4.69) is 5.32 Å². The van der Waals surface area contributed by atoms with Gasteiger partial charge in [-0.2, -0.15) is 0 Å². The molecule has 1 heterocycles. The molecule has 3 N–H and O–H groups in total. The third kappa shape index (κ3) is 2.08. The number of hydrogen-bond donors (Lipinski definition) is 3. The van der Waals surface area contributed by atoms with Crippen LogP contribution in [-0.4, -0.2) is 22.7 Å². The van der Waals surface area contributed by atoms with Crippen molar-refractivity contribution in [1.82, 2.24) is 5.32 Å². The summed E-state index contributed by atoms with van der Waals surface area (Å²) >= 11 is 0. The minimum absolute atomic E-state index is 0.0744. The fourth-order valence-corrected chi connectivity index (χ4v) is 2.76. The van der Waals surface area contributed by atoms with E-state index in [0.29, 0.717) is 18.7 Å². The van der Waals surface area contributed by atoms with Crippen LogP contribution in [0.5, 0.6) is 5.75 Å². The average Bonchev–Trinajstić information content (AvgIpc) is 2.75. The molecule has 18 heavy (non-hydrogen) atoms. The molecule has 2 unspecified atom stereocenters. The van der Waals surface area contributed by atoms with E-state index < -0.39 is 5.97 Å². The number of aromatic hydroxyl groups is 1. The SMILES string of the molecule is Cc1cc(O)c(C)c(C)c1C1CC(C(=O)O)CN1. The van der Waals surface area contributed by atoms with Crippen LogP contribution in [-0.2, 0) is 4.79 Å². The van der Waals surface area contributed by atoms with Gasteiger partial charge in [0, 0.05) is 12.6 Å². The van der Waals surface area contributed by atoms with E-state index in [0.717, 1.165) is 22.3 Å². The summed E-state index contributed by atoms with van der Waals surface area (Å²) in [6.45, 7) is 6.33. The summed E-state index contributed by atoms with van der Waals surface area (Å²) in [5, 5.41) is 22.1. The fourth-order valence-electron chi connectivity index (χ4n) is 2.76. The standard InChI is InChI=1S/C14H19NO3/c1-7-4-12(16)8(2)9(3)13(7)11-5-10(6-15-11)14(17)18/h4,10-11,15-16H,5-6H2,1-3H3,(H,17,18). The molecule has 98 valence electrons. The van der Waals surface area contributed by atoms with E-state index >= 15 is 0 Å². The van der Waals surface area contributed by atoms with Crippen molar-refractivity contribution in [3.63, 3.8) is 0 Å². The summed E-state index contributed by atoms with van der Waals surface area (Å²) in [5.74, 6) is -0.750. The normalized spacial score (nSPS) is 23.3. The van der Waals surface area contributed by atoms with Crippen molar-refractivity contribution in [1.29, 1.82) is 0 Å². The van der Waals surface area contributed by atoms with Crippen LogP contribution in [0.25, 0.3) is 0 Å². The Morgan fingerprint density at radius 2 is 2.00 bits per heavy atom. The molecule has 1 aromatic carbocycles. The molecule has 4 nitrogen and oxygen atoms in total. The van der Waals surface area contributed by atoms with E-state index in [1.54, 1.807) is 6.07 Å². The van der Waals surface area contributed by atoms with E-state index in [9.17, 15) is 9.90 Å². The third-order valence-corrected chi connectivity index (χ3v) is 3.96. The van der Waals surface area contributed by atoms with Gasteiger partial charge in [0.2, 0.25) is 0 Å². The molecule has 0 bridgehead atoms. The van der Waals surface area contributed by atoms with Crippen LogP contribution in [0.15, 0.2) is 6.07 Å². The molecule has 1 aromatic rings. The molecule has 0 amide bonds. The zero-order valence-corrected chi connectivity index (χ0v) is 10.9. The summed E-state index contributed by atoms with van der Waals surface area (Å²) in [6, 6.07) is 1.83. The summed E-state index contributed by atoms with van der Waals surface area (Å²) in [7, 11) is 0. The zero-order chi connectivity index (χ0) is 13.4. The maximum atomic E-state index is 11.0. The van der Waals surface area contributed by atoms with Gasteiger partial charge in [0.15, 0.2) is 0 Å². The van der Waals surface area contributed by atoms with Gasteiger partial charge in [-0.3, -0.25) is 4.79 Å². The summed E-state index contributed by atoms with van der Waals surface area (Å²) in [6.07, 6.45) is 0.612. The number of carboxylic acid groups (broad SMARTS) is 1. The first-order valence-corrected chi connectivity index (χ1v) is 6.17. The van der Waals surface area contributed by atoms with Gasteiger partial charge in [0.05, 0.1) is 5.92 Å². The summed E-state index contributed by atoms with van der Waals surface area (Å²) < 4.78 is 0. The van der Waals surface area contributed by atoms with Gasteiger partial charge < -0.3 is 15.5 Å². The highest BCUT2D eigenvalue weighted by atomic mass is 16.4. The number of phenols is 1. The minimum atomic E-state index is -0.740. The molecule has 0 aliphatic carbocycles. The maximum absolute atomic E-state index is 11.0. The number of carbonyl (C=O) groups is 1. The summed E-state index contributed by atoms with van der Waals surface area (Å²) in [5.41, 5.74) is 4.07. The quantitative estimate of drug-likeness (QED) is 0.750. The first kappa shape index (κ1) is 12.9. The highest BCUT2D eigenvalue weighted by Crippen LogP contribution is 2.35. The van der Waals surface area contributed by atoms with Gasteiger partial charge in [-0.25, -0.2) is 0 Å². The Morgan fingerprint density at radius 1 is 1.33 bits per heavy atom. The third-order valence-electron chi connectivity index (χ3n) is 3.96. The lowest BCUT2D eigenvalue weighted by Gasteiger charge is -2.19. The van der Waals surface area contributed by atoms with Crippen molar-refractivity contribution in [2.75, 3.05) is 6.54 Å². The van der Waals surface area contributed by atoms with Crippen molar-refractivity contribution in [2.24, 2.45) is 5.92 Å². The van der Waals surface area contributed by atoms with Crippen LogP contribution in [0.4, 0.5) is 0 Å². The predicted octanol–water partition coefficient (Wildman–Crippen LogP) is 2.05. The van der Waals surface area contributed by atoms with Gasteiger partial charge in [-0.15, -0.1) is 0 Å². The molecule has 1 fully saturated rings. The number of benzene rings is 1. The van der Waals surface area contributed by atoms with E-state index in [4.69, 9.17) is 5.11 Å². The van der Waals surface area contributed by atoms with Crippen LogP contribution in [0.2, 0.25) is 0 Å². The Balaban J connectivity index is 2.36. The fraction of sp³-hybridized carbons (Fsp3) is 0.500. The Hall–Kier alpha value is -1.55. The monoisotopic (exact) mass is 249 g/mol. The van der Waals surface area contributed by atoms with Gasteiger partial charge >= 0.3 is 5.97 Å². The molecule has 0 spiro atoms. The average molecular weight is 249 g/mol. The number of aryl methyl sites for hydroxylation is 1. The molecule has 0 saturated carbocycles. The maximum Gasteiger partial charge on any atom is 0.307 e. The molecule has 1 saturated heterocycles. The highest BCUT2D eigenvalue weighted by molar-refractivity contribution is 5.71. The van der Waals surface area contributed by atoms with Gasteiger partial charge in [0.25, 0.3) is 0 Å². The van der Waals surface area contributed by atoms with Crippen LogP contribution in [0, 0.1) is 26.7 Å². The predicted molar refractivity (Wildman–Crippen MR) is 68.8 cm³/mol. The van der Waals surface area contributed by atoms with Crippen molar-refractivity contribution in [3.8, 4) is 5.75 Å². The number of nitrogens with one attached hydrogen (secondary N) is 1. The van der Waals surface area contributed by atoms with Crippen LogP contribution < -0.4 is 5.32 Å². The van der Waals surface area contributed by atoms with E-state index in [1.807, 2.05) is 20.8 Å². The molecule has 4 heteroatoms. The molecule has 1 aliphatic rings. The van der Waals surface area contributed by atoms with Crippen molar-refractivity contribution < 1.29 is 15.0 Å². The second-order valence-electron chi connectivity index (χ2n) is 5.11. The molecule has 2 atom stereocenters. The van der Waals surface area contributed by atoms with Gasteiger partial charge in [-0.1, -0.05) is 0 Å². The van der Waals surface area contributed by atoms with Crippen molar-refractivity contribution in [2.45, 2.75) is 33.2 Å². The van der Waals surface area contributed by atoms with Crippen LogP contribution in [0.3, 0.4) is 0 Å². The number of phenolic OH excluding ortho intramolecular Hbond substituents is 1. The van der Waals surface area contributed by atoms with Crippen molar-refractivity contribution >= 4 is 5.97 Å². The smallest absolute Gasteiger partial charge is 0.307 e. The van der Waals surface area contributed by atoms with Crippen LogP contribution >= 0.6 is 0 Å². The lowest BCUT2D eigenvalue weighted by atomic mass is 9.90.